The summed E-state index contributed by atoms with van der Waals surface area (Å²) in [6.07, 6.45) is 1.66. The Balaban J connectivity index is 1.88. The molecule has 0 saturated heterocycles. The van der Waals surface area contributed by atoms with E-state index in [4.69, 9.17) is 21.0 Å². The second kappa shape index (κ2) is 6.87. The molecular weight excluding hydrogens is 398 g/mol. The molecule has 4 heteroatoms. The van der Waals surface area contributed by atoms with Crippen molar-refractivity contribution < 1.29 is 4.42 Å². The van der Waals surface area contributed by atoms with Crippen molar-refractivity contribution in [3.63, 3.8) is 0 Å². The van der Waals surface area contributed by atoms with Crippen molar-refractivity contribution in [2.24, 2.45) is 0 Å². The Kier molecular flexibility index (Phi) is 4.43. The van der Waals surface area contributed by atoms with Crippen molar-refractivity contribution in [2.75, 3.05) is 0 Å². The summed E-state index contributed by atoms with van der Waals surface area (Å²) in [5, 5.41) is 0.720. The van der Waals surface area contributed by atoms with Gasteiger partial charge in [-0.1, -0.05) is 51.8 Å². The minimum absolute atomic E-state index is 0.720. The van der Waals surface area contributed by atoms with Crippen LogP contribution in [0.4, 0.5) is 0 Å². The van der Waals surface area contributed by atoms with Gasteiger partial charge in [-0.05, 0) is 59.7 Å². The molecule has 0 aliphatic rings. The molecule has 0 atom stereocenters. The number of hydrogen-bond acceptors (Lipinski definition) is 2. The minimum atomic E-state index is 0.720. The molecule has 0 unspecified atom stereocenters. The van der Waals surface area contributed by atoms with E-state index in [-0.39, 0.29) is 0 Å². The van der Waals surface area contributed by atoms with E-state index in [0.717, 1.165) is 43.3 Å². The van der Waals surface area contributed by atoms with E-state index in [1.807, 2.05) is 66.7 Å². The van der Waals surface area contributed by atoms with Gasteiger partial charge in [-0.3, -0.25) is 0 Å². The van der Waals surface area contributed by atoms with E-state index in [9.17, 15) is 0 Å². The first-order chi connectivity index (χ1) is 12.2. The molecule has 2 heterocycles. The van der Waals surface area contributed by atoms with Crippen LogP contribution in [0.25, 0.3) is 33.8 Å². The van der Waals surface area contributed by atoms with Gasteiger partial charge in [-0.25, -0.2) is 4.98 Å². The molecule has 0 amide bonds. The first-order valence-corrected chi connectivity index (χ1v) is 8.94. The van der Waals surface area contributed by atoms with Gasteiger partial charge in [0.25, 0.3) is 0 Å². The number of furan rings is 1. The molecule has 0 saturated carbocycles. The van der Waals surface area contributed by atoms with Crippen LogP contribution in [0.2, 0.25) is 5.02 Å². The monoisotopic (exact) mass is 409 g/mol. The topological polar surface area (TPSA) is 26.0 Å². The van der Waals surface area contributed by atoms with Crippen LogP contribution >= 0.6 is 27.5 Å². The summed E-state index contributed by atoms with van der Waals surface area (Å²) in [6, 6.07) is 23.8. The van der Waals surface area contributed by atoms with Gasteiger partial charge in [0.1, 0.15) is 5.69 Å². The molecule has 4 aromatic rings. The molecule has 0 bridgehead atoms. The molecule has 0 spiro atoms. The smallest absolute Gasteiger partial charge is 0.152 e. The third-order valence-corrected chi connectivity index (χ3v) is 4.70. The van der Waals surface area contributed by atoms with Gasteiger partial charge in [-0.15, -0.1) is 0 Å². The molecule has 0 aliphatic carbocycles. The Morgan fingerprint density at radius 1 is 0.760 bits per heavy atom. The van der Waals surface area contributed by atoms with Crippen molar-refractivity contribution in [1.82, 2.24) is 4.98 Å². The molecule has 0 fully saturated rings. The number of hydrogen-bond donors (Lipinski definition) is 0. The Morgan fingerprint density at radius 2 is 1.44 bits per heavy atom. The lowest BCUT2D eigenvalue weighted by Gasteiger charge is -2.09. The normalized spacial score (nSPS) is 10.8. The molecule has 25 heavy (non-hydrogen) atoms. The molecule has 2 nitrogen and oxygen atoms in total. The van der Waals surface area contributed by atoms with Crippen LogP contribution in [0.1, 0.15) is 0 Å². The van der Waals surface area contributed by atoms with Crippen molar-refractivity contribution in [3.8, 4) is 33.8 Å². The van der Waals surface area contributed by atoms with Crippen LogP contribution in [-0.2, 0) is 0 Å². The average molecular weight is 411 g/mol. The minimum Gasteiger partial charge on any atom is -0.463 e. The summed E-state index contributed by atoms with van der Waals surface area (Å²) in [5.74, 6) is 0.745. The fourth-order valence-electron chi connectivity index (χ4n) is 2.66. The lowest BCUT2D eigenvalue weighted by atomic mass is 10.0. The first-order valence-electron chi connectivity index (χ1n) is 7.77. The second-order valence-electron chi connectivity index (χ2n) is 5.62. The van der Waals surface area contributed by atoms with Gasteiger partial charge in [0.15, 0.2) is 5.76 Å². The highest BCUT2D eigenvalue weighted by Gasteiger charge is 2.10. The molecular formula is C21H13BrClNO. The van der Waals surface area contributed by atoms with E-state index in [1.54, 1.807) is 6.26 Å². The summed E-state index contributed by atoms with van der Waals surface area (Å²) in [6.45, 7) is 0. The number of nitrogens with zero attached hydrogens (tertiary/aromatic N) is 1. The molecule has 2 aromatic carbocycles. The fourth-order valence-corrected chi connectivity index (χ4v) is 3.05. The van der Waals surface area contributed by atoms with Crippen LogP contribution < -0.4 is 0 Å². The average Bonchev–Trinajstić information content (AvgIpc) is 3.17. The van der Waals surface area contributed by atoms with E-state index in [2.05, 4.69) is 22.0 Å². The molecule has 4 rings (SSSR count). The lowest BCUT2D eigenvalue weighted by Crippen LogP contribution is -1.90. The van der Waals surface area contributed by atoms with Crippen molar-refractivity contribution in [1.29, 1.82) is 0 Å². The van der Waals surface area contributed by atoms with Gasteiger partial charge in [-0.2, -0.15) is 0 Å². The summed E-state index contributed by atoms with van der Waals surface area (Å²) in [7, 11) is 0. The number of benzene rings is 2. The number of pyridine rings is 1. The summed E-state index contributed by atoms with van der Waals surface area (Å²) >= 11 is 9.50. The van der Waals surface area contributed by atoms with E-state index < -0.39 is 0 Å². The summed E-state index contributed by atoms with van der Waals surface area (Å²) < 4.78 is 6.59. The van der Waals surface area contributed by atoms with Gasteiger partial charge in [0, 0.05) is 15.1 Å². The van der Waals surface area contributed by atoms with Crippen LogP contribution in [-0.4, -0.2) is 4.98 Å². The van der Waals surface area contributed by atoms with Crippen molar-refractivity contribution in [2.45, 2.75) is 0 Å². The van der Waals surface area contributed by atoms with Gasteiger partial charge in [0.2, 0.25) is 0 Å². The molecule has 0 N–H and O–H groups in total. The first kappa shape index (κ1) is 16.1. The standard InChI is InChI=1S/C21H13BrClNO/c22-17-7-3-15(4-8-17)19-12-16(14-5-9-18(23)10-6-14)13-20(24-19)21-2-1-11-25-21/h1-13H. The third kappa shape index (κ3) is 3.53. The van der Waals surface area contributed by atoms with Gasteiger partial charge < -0.3 is 4.42 Å². The number of halogens is 2. The van der Waals surface area contributed by atoms with E-state index >= 15 is 0 Å². The highest BCUT2D eigenvalue weighted by molar-refractivity contribution is 9.10. The highest BCUT2D eigenvalue weighted by atomic mass is 79.9. The predicted molar refractivity (Wildman–Crippen MR) is 106 cm³/mol. The maximum Gasteiger partial charge on any atom is 0.152 e. The van der Waals surface area contributed by atoms with Crippen molar-refractivity contribution in [3.05, 3.63) is 88.6 Å². The highest BCUT2D eigenvalue weighted by Crippen LogP contribution is 2.31. The number of rotatable bonds is 3. The SMILES string of the molecule is Clc1ccc(-c2cc(-c3ccc(Br)cc3)nc(-c3ccco3)c2)cc1. The largest absolute Gasteiger partial charge is 0.463 e. The molecule has 0 aliphatic heterocycles. The van der Waals surface area contributed by atoms with Crippen LogP contribution in [0.5, 0.6) is 0 Å². The quantitative estimate of drug-likeness (QED) is 0.360. The summed E-state index contributed by atoms with van der Waals surface area (Å²) in [4.78, 5) is 4.78. The zero-order valence-corrected chi connectivity index (χ0v) is 15.5. The Bertz CT molecular complexity index is 930. The third-order valence-electron chi connectivity index (χ3n) is 3.92. The maximum absolute atomic E-state index is 6.02. The molecule has 2 aromatic heterocycles. The molecule has 0 radical (unpaired) electrons. The van der Waals surface area contributed by atoms with Gasteiger partial charge in [0.05, 0.1) is 12.0 Å². The van der Waals surface area contributed by atoms with Crippen LogP contribution in [0.3, 0.4) is 0 Å². The van der Waals surface area contributed by atoms with E-state index in [0.29, 0.717) is 0 Å². The van der Waals surface area contributed by atoms with Crippen LogP contribution in [0.15, 0.2) is 87.9 Å². The zero-order chi connectivity index (χ0) is 17.2. The number of aromatic nitrogens is 1. The second-order valence-corrected chi connectivity index (χ2v) is 6.97. The Labute approximate surface area is 159 Å². The fraction of sp³-hybridized carbons (Fsp3) is 0. The lowest BCUT2D eigenvalue weighted by molar-refractivity contribution is 0.580. The predicted octanol–water partition coefficient (Wildman–Crippen LogP) is 7.09. The molecule has 122 valence electrons. The Hall–Kier alpha value is -2.36. The van der Waals surface area contributed by atoms with Crippen molar-refractivity contribution >= 4 is 27.5 Å². The van der Waals surface area contributed by atoms with Gasteiger partial charge >= 0.3 is 0 Å². The zero-order valence-electron chi connectivity index (χ0n) is 13.1. The van der Waals surface area contributed by atoms with E-state index in [1.165, 1.54) is 0 Å². The van der Waals surface area contributed by atoms with Crippen LogP contribution in [0, 0.1) is 0 Å². The maximum atomic E-state index is 6.02. The summed E-state index contributed by atoms with van der Waals surface area (Å²) in [5.41, 5.74) is 4.89. The Morgan fingerprint density at radius 3 is 2.12 bits per heavy atom.